The Morgan fingerprint density at radius 2 is 1.97 bits per heavy atom. The molecule has 1 aromatic heterocycles. The molecule has 1 fully saturated rings. The van der Waals surface area contributed by atoms with Crippen LogP contribution >= 0.6 is 0 Å². The summed E-state index contributed by atoms with van der Waals surface area (Å²) < 4.78 is 5.23. The van der Waals surface area contributed by atoms with Crippen molar-refractivity contribution in [3.63, 3.8) is 0 Å². The number of ether oxygens (including phenoxy) is 1. The van der Waals surface area contributed by atoms with Crippen LogP contribution in [0.5, 0.6) is 5.75 Å². The molecule has 2 aromatic rings. The third-order valence-electron chi connectivity index (χ3n) is 5.43. The van der Waals surface area contributed by atoms with Crippen molar-refractivity contribution in [3.05, 3.63) is 65.5 Å². The molecule has 0 bridgehead atoms. The van der Waals surface area contributed by atoms with Gasteiger partial charge in [0.15, 0.2) is 0 Å². The van der Waals surface area contributed by atoms with Gasteiger partial charge >= 0.3 is 0 Å². The van der Waals surface area contributed by atoms with Gasteiger partial charge in [-0.05, 0) is 36.9 Å². The number of likely N-dealkylation sites (tertiary alicyclic amines) is 1. The van der Waals surface area contributed by atoms with Gasteiger partial charge in [0.1, 0.15) is 11.5 Å². The number of pyridine rings is 1. The number of carbonyl (C=O) groups excluding carboxylic acids is 2. The highest BCUT2D eigenvalue weighted by Crippen LogP contribution is 2.39. The Morgan fingerprint density at radius 1 is 1.20 bits per heavy atom. The summed E-state index contributed by atoms with van der Waals surface area (Å²) in [6.07, 6.45) is 3.26. The van der Waals surface area contributed by atoms with Gasteiger partial charge in [-0.25, -0.2) is 0 Å². The molecule has 7 heteroatoms. The summed E-state index contributed by atoms with van der Waals surface area (Å²) in [7, 11) is 1.53. The normalized spacial score (nSPS) is 18.3. The number of methoxy groups -OCH3 is 1. The summed E-state index contributed by atoms with van der Waals surface area (Å²) in [4.78, 5) is 33.8. The fourth-order valence-corrected chi connectivity index (χ4v) is 3.71. The summed E-state index contributed by atoms with van der Waals surface area (Å²) in [5.74, 6) is -0.969. The molecular formula is C23H27N3O4. The van der Waals surface area contributed by atoms with Crippen LogP contribution in [0.1, 0.15) is 31.0 Å². The van der Waals surface area contributed by atoms with Crippen LogP contribution in [0.4, 0.5) is 0 Å². The molecule has 0 spiro atoms. The Hall–Kier alpha value is -3.19. The predicted octanol–water partition coefficient (Wildman–Crippen LogP) is 2.85. The van der Waals surface area contributed by atoms with Gasteiger partial charge in [-0.15, -0.1) is 0 Å². The van der Waals surface area contributed by atoms with Crippen LogP contribution in [0.2, 0.25) is 0 Å². The van der Waals surface area contributed by atoms with E-state index < -0.39 is 17.7 Å². The molecule has 0 saturated carbocycles. The molecule has 158 valence electrons. The van der Waals surface area contributed by atoms with E-state index in [2.05, 4.69) is 23.7 Å². The minimum absolute atomic E-state index is 0.0702. The number of benzene rings is 1. The van der Waals surface area contributed by atoms with Gasteiger partial charge in [-0.1, -0.05) is 32.0 Å². The van der Waals surface area contributed by atoms with Gasteiger partial charge in [0.05, 0.1) is 18.7 Å². The second kappa shape index (κ2) is 9.54. The van der Waals surface area contributed by atoms with E-state index in [0.29, 0.717) is 30.0 Å². The summed E-state index contributed by atoms with van der Waals surface area (Å²) >= 11 is 0. The molecule has 1 amide bonds. The van der Waals surface area contributed by atoms with Gasteiger partial charge in [0, 0.05) is 31.0 Å². The quantitative estimate of drug-likeness (QED) is 0.410. The Kier molecular flexibility index (Phi) is 6.84. The number of aromatic nitrogens is 1. The molecule has 1 atom stereocenters. The Labute approximate surface area is 176 Å². The number of aliphatic hydroxyl groups is 1. The van der Waals surface area contributed by atoms with Gasteiger partial charge in [-0.3, -0.25) is 14.6 Å². The van der Waals surface area contributed by atoms with Crippen LogP contribution in [0.3, 0.4) is 0 Å². The zero-order valence-electron chi connectivity index (χ0n) is 17.5. The Bertz CT molecular complexity index is 938. The summed E-state index contributed by atoms with van der Waals surface area (Å²) in [5, 5.41) is 11.0. The third-order valence-corrected chi connectivity index (χ3v) is 5.43. The van der Waals surface area contributed by atoms with Crippen LogP contribution in [-0.2, 0) is 9.59 Å². The first-order valence-electron chi connectivity index (χ1n) is 10.1. The number of Topliss-reactive ketones (excluding diaryl/α,β-unsaturated/α-hetero) is 1. The summed E-state index contributed by atoms with van der Waals surface area (Å²) in [5.41, 5.74) is 1.17. The largest absolute Gasteiger partial charge is 0.507 e. The average molecular weight is 409 g/mol. The zero-order chi connectivity index (χ0) is 21.7. The maximum atomic E-state index is 13.0. The highest BCUT2D eigenvalue weighted by atomic mass is 16.5. The molecule has 3 rings (SSSR count). The number of hydrogen-bond donors (Lipinski definition) is 1. The fraction of sp³-hybridized carbons (Fsp3) is 0.348. The van der Waals surface area contributed by atoms with Crippen LogP contribution in [0.15, 0.2) is 54.4 Å². The van der Waals surface area contributed by atoms with Crippen LogP contribution in [-0.4, -0.2) is 64.9 Å². The molecule has 1 aromatic carbocycles. The highest BCUT2D eigenvalue weighted by molar-refractivity contribution is 6.46. The lowest BCUT2D eigenvalue weighted by atomic mass is 9.96. The van der Waals surface area contributed by atoms with Crippen molar-refractivity contribution in [1.29, 1.82) is 0 Å². The maximum absolute atomic E-state index is 13.0. The third kappa shape index (κ3) is 4.21. The molecule has 1 aliphatic heterocycles. The topological polar surface area (TPSA) is 83.0 Å². The molecule has 1 saturated heterocycles. The van der Waals surface area contributed by atoms with E-state index >= 15 is 0 Å². The molecule has 0 aliphatic carbocycles. The van der Waals surface area contributed by atoms with E-state index in [1.807, 2.05) is 6.07 Å². The number of rotatable bonds is 8. The second-order valence-electron chi connectivity index (χ2n) is 7.04. The lowest BCUT2D eigenvalue weighted by molar-refractivity contribution is -0.140. The molecule has 30 heavy (non-hydrogen) atoms. The predicted molar refractivity (Wildman–Crippen MR) is 114 cm³/mol. The lowest BCUT2D eigenvalue weighted by Crippen LogP contribution is -2.38. The Morgan fingerprint density at radius 3 is 2.60 bits per heavy atom. The van der Waals surface area contributed by atoms with Crippen LogP contribution < -0.4 is 4.74 Å². The number of ketones is 1. The van der Waals surface area contributed by atoms with Crippen molar-refractivity contribution < 1.29 is 19.4 Å². The number of amides is 1. The van der Waals surface area contributed by atoms with Crippen LogP contribution in [0.25, 0.3) is 5.76 Å². The minimum atomic E-state index is -0.694. The summed E-state index contributed by atoms with van der Waals surface area (Å²) in [6.45, 7) is 6.82. The number of likely N-dealkylation sites (N-methyl/N-ethyl adjacent to an activating group) is 1. The summed E-state index contributed by atoms with van der Waals surface area (Å²) in [6, 6.07) is 9.67. The smallest absolute Gasteiger partial charge is 0.295 e. The van der Waals surface area contributed by atoms with Crippen molar-refractivity contribution in [1.82, 2.24) is 14.8 Å². The SMILES string of the molecule is CCN(CC)CCN1C(=O)C(=O)C(=C(O)c2cccc(OC)c2)[C@@H]1c1cccnc1. The van der Waals surface area contributed by atoms with E-state index in [1.54, 1.807) is 42.7 Å². The van der Waals surface area contributed by atoms with Gasteiger partial charge in [0.25, 0.3) is 11.7 Å². The fourth-order valence-electron chi connectivity index (χ4n) is 3.71. The van der Waals surface area contributed by atoms with Crippen molar-refractivity contribution in [3.8, 4) is 5.75 Å². The number of carbonyl (C=O) groups is 2. The molecule has 7 nitrogen and oxygen atoms in total. The minimum Gasteiger partial charge on any atom is -0.507 e. The highest BCUT2D eigenvalue weighted by Gasteiger charge is 2.46. The number of hydrogen-bond acceptors (Lipinski definition) is 6. The Balaban J connectivity index is 2.08. The number of nitrogens with zero attached hydrogens (tertiary/aromatic N) is 3. The molecule has 0 unspecified atom stereocenters. The van der Waals surface area contributed by atoms with Crippen LogP contribution in [0, 0.1) is 0 Å². The lowest BCUT2D eigenvalue weighted by Gasteiger charge is -2.28. The van der Waals surface area contributed by atoms with Crippen molar-refractivity contribution in [2.24, 2.45) is 0 Å². The van der Waals surface area contributed by atoms with Crippen molar-refractivity contribution in [2.75, 3.05) is 33.3 Å². The first kappa shape index (κ1) is 21.5. The van der Waals surface area contributed by atoms with E-state index in [4.69, 9.17) is 4.74 Å². The number of aliphatic hydroxyl groups excluding tert-OH is 1. The van der Waals surface area contributed by atoms with Gasteiger partial charge in [0.2, 0.25) is 0 Å². The standard InChI is InChI=1S/C23H27N3O4/c1-4-25(5-2)12-13-26-20(17-9-7-11-24-15-17)19(22(28)23(26)29)21(27)16-8-6-10-18(14-16)30-3/h6-11,14-15,20,27H,4-5,12-13H2,1-3H3/t20-/m0/s1. The average Bonchev–Trinajstić information content (AvgIpc) is 3.04. The molecule has 2 heterocycles. The van der Waals surface area contributed by atoms with E-state index in [9.17, 15) is 14.7 Å². The van der Waals surface area contributed by atoms with Gasteiger partial charge < -0.3 is 19.6 Å². The van der Waals surface area contributed by atoms with E-state index in [1.165, 1.54) is 12.0 Å². The zero-order valence-corrected chi connectivity index (χ0v) is 17.5. The van der Waals surface area contributed by atoms with E-state index in [-0.39, 0.29) is 11.3 Å². The first-order valence-corrected chi connectivity index (χ1v) is 10.1. The van der Waals surface area contributed by atoms with Crippen molar-refractivity contribution >= 4 is 17.4 Å². The second-order valence-corrected chi connectivity index (χ2v) is 7.04. The molecule has 1 aliphatic rings. The molecule has 1 N–H and O–H groups in total. The maximum Gasteiger partial charge on any atom is 0.295 e. The molecular weight excluding hydrogens is 382 g/mol. The van der Waals surface area contributed by atoms with Crippen molar-refractivity contribution in [2.45, 2.75) is 19.9 Å². The monoisotopic (exact) mass is 409 g/mol. The van der Waals surface area contributed by atoms with E-state index in [0.717, 1.165) is 13.1 Å². The molecule has 0 radical (unpaired) electrons. The van der Waals surface area contributed by atoms with Gasteiger partial charge in [-0.2, -0.15) is 0 Å². The first-order chi connectivity index (χ1) is 14.5.